The zero-order valence-electron chi connectivity index (χ0n) is 7.73. The second kappa shape index (κ2) is 3.75. The lowest BCUT2D eigenvalue weighted by molar-refractivity contribution is -0.118. The molecule has 0 aliphatic carbocycles. The third-order valence-electron chi connectivity index (χ3n) is 1.88. The van der Waals surface area contributed by atoms with Gasteiger partial charge in [0.05, 0.1) is 0 Å². The van der Waals surface area contributed by atoms with Crippen LogP contribution >= 0.6 is 11.3 Å². The van der Waals surface area contributed by atoms with Gasteiger partial charge in [-0.25, -0.2) is 0 Å². The Labute approximate surface area is 84.8 Å². The maximum absolute atomic E-state index is 10.6. The molecule has 1 N–H and O–H groups in total. The Kier molecular flexibility index (Phi) is 2.45. The van der Waals surface area contributed by atoms with Crippen molar-refractivity contribution in [2.75, 3.05) is 6.54 Å². The Hall–Kier alpha value is -1.43. The number of thiazole rings is 1. The van der Waals surface area contributed by atoms with Crippen LogP contribution in [0.3, 0.4) is 0 Å². The lowest BCUT2D eigenvalue weighted by atomic mass is 10.3. The van der Waals surface area contributed by atoms with Crippen molar-refractivity contribution in [2.24, 2.45) is 0 Å². The molecule has 0 bridgehead atoms. The summed E-state index contributed by atoms with van der Waals surface area (Å²) >= 11 is 1.56. The highest BCUT2D eigenvalue weighted by molar-refractivity contribution is 7.15. The van der Waals surface area contributed by atoms with Crippen molar-refractivity contribution in [2.45, 2.75) is 13.3 Å². The average molecular weight is 210 g/mol. The Balaban J connectivity index is 2.04. The molecule has 0 unspecified atom stereocenters. The van der Waals surface area contributed by atoms with Crippen LogP contribution in [0, 0.1) is 0 Å². The first-order chi connectivity index (χ1) is 6.77. The topological polar surface area (TPSA) is 59.3 Å². The van der Waals surface area contributed by atoms with Crippen molar-refractivity contribution in [1.29, 1.82) is 0 Å². The molecule has 0 aromatic carbocycles. The lowest BCUT2D eigenvalue weighted by Gasteiger charge is -2.00. The molecule has 6 heteroatoms. The standard InChI is InChI=1S/C8H10N4OS/c1-6(13)9-3-2-7-4-14-8-11-10-5-12(7)8/h4-5H,2-3H2,1H3,(H,9,13). The molecular weight excluding hydrogens is 200 g/mol. The van der Waals surface area contributed by atoms with Crippen LogP contribution in [0.25, 0.3) is 4.96 Å². The summed E-state index contributed by atoms with van der Waals surface area (Å²) in [6, 6.07) is 0. The summed E-state index contributed by atoms with van der Waals surface area (Å²) in [5.41, 5.74) is 1.13. The van der Waals surface area contributed by atoms with E-state index in [9.17, 15) is 4.79 Å². The Bertz CT molecular complexity index is 447. The van der Waals surface area contributed by atoms with E-state index in [1.54, 1.807) is 17.7 Å². The van der Waals surface area contributed by atoms with E-state index >= 15 is 0 Å². The molecule has 74 valence electrons. The monoisotopic (exact) mass is 210 g/mol. The second-order valence-electron chi connectivity index (χ2n) is 2.94. The van der Waals surface area contributed by atoms with E-state index < -0.39 is 0 Å². The van der Waals surface area contributed by atoms with E-state index in [1.165, 1.54) is 6.92 Å². The summed E-state index contributed by atoms with van der Waals surface area (Å²) in [5, 5.41) is 12.5. The second-order valence-corrected chi connectivity index (χ2v) is 3.78. The van der Waals surface area contributed by atoms with Crippen LogP contribution in [-0.2, 0) is 11.2 Å². The first-order valence-corrected chi connectivity index (χ1v) is 5.16. The van der Waals surface area contributed by atoms with Crippen LogP contribution in [0.5, 0.6) is 0 Å². The number of nitrogens with one attached hydrogen (secondary N) is 1. The van der Waals surface area contributed by atoms with Crippen LogP contribution < -0.4 is 5.32 Å². The van der Waals surface area contributed by atoms with E-state index in [0.29, 0.717) is 6.54 Å². The highest BCUT2D eigenvalue weighted by atomic mass is 32.1. The van der Waals surface area contributed by atoms with Gasteiger partial charge < -0.3 is 5.32 Å². The summed E-state index contributed by atoms with van der Waals surface area (Å²) in [7, 11) is 0. The normalized spacial score (nSPS) is 10.6. The van der Waals surface area contributed by atoms with E-state index in [2.05, 4.69) is 15.5 Å². The summed E-state index contributed by atoms with van der Waals surface area (Å²) < 4.78 is 1.94. The first kappa shape index (κ1) is 9.14. The molecule has 2 heterocycles. The maximum Gasteiger partial charge on any atom is 0.216 e. The van der Waals surface area contributed by atoms with Gasteiger partial charge in [0.2, 0.25) is 10.9 Å². The van der Waals surface area contributed by atoms with Gasteiger partial charge in [-0.2, -0.15) is 0 Å². The van der Waals surface area contributed by atoms with Gasteiger partial charge in [0.1, 0.15) is 6.33 Å². The van der Waals surface area contributed by atoms with Gasteiger partial charge in [-0.05, 0) is 0 Å². The van der Waals surface area contributed by atoms with Gasteiger partial charge in [-0.3, -0.25) is 9.20 Å². The fourth-order valence-electron chi connectivity index (χ4n) is 1.23. The van der Waals surface area contributed by atoms with Gasteiger partial charge in [0.15, 0.2) is 0 Å². The van der Waals surface area contributed by atoms with Crippen molar-refractivity contribution in [1.82, 2.24) is 19.9 Å². The molecule has 2 aromatic rings. The highest BCUT2D eigenvalue weighted by Gasteiger charge is 2.04. The van der Waals surface area contributed by atoms with Crippen molar-refractivity contribution >= 4 is 22.2 Å². The Morgan fingerprint density at radius 2 is 2.57 bits per heavy atom. The molecule has 0 atom stereocenters. The number of hydrogen-bond donors (Lipinski definition) is 1. The van der Waals surface area contributed by atoms with Crippen LogP contribution in [0.2, 0.25) is 0 Å². The number of aromatic nitrogens is 3. The molecule has 0 radical (unpaired) electrons. The Morgan fingerprint density at radius 3 is 3.36 bits per heavy atom. The maximum atomic E-state index is 10.6. The third kappa shape index (κ3) is 1.74. The molecule has 0 aliphatic rings. The number of fused-ring (bicyclic) bond motifs is 1. The van der Waals surface area contributed by atoms with Gasteiger partial charge in [-0.1, -0.05) is 0 Å². The predicted octanol–water partition coefficient (Wildman–Crippen LogP) is 0.469. The largest absolute Gasteiger partial charge is 0.356 e. The SMILES string of the molecule is CC(=O)NCCc1csc2nncn12. The fraction of sp³-hybridized carbons (Fsp3) is 0.375. The van der Waals surface area contributed by atoms with Crippen LogP contribution in [-0.4, -0.2) is 27.0 Å². The van der Waals surface area contributed by atoms with Crippen LogP contribution in [0.15, 0.2) is 11.7 Å². The smallest absolute Gasteiger partial charge is 0.216 e. The summed E-state index contributed by atoms with van der Waals surface area (Å²) in [6.07, 6.45) is 2.49. The number of carbonyl (C=O) groups excluding carboxylic acids is 1. The first-order valence-electron chi connectivity index (χ1n) is 4.28. The summed E-state index contributed by atoms with van der Waals surface area (Å²) in [5.74, 6) is 0.000213. The quantitative estimate of drug-likeness (QED) is 0.801. The molecule has 0 spiro atoms. The van der Waals surface area contributed by atoms with E-state index in [4.69, 9.17) is 0 Å². The third-order valence-corrected chi connectivity index (χ3v) is 2.76. The van der Waals surface area contributed by atoms with Crippen LogP contribution in [0.1, 0.15) is 12.6 Å². The van der Waals surface area contributed by atoms with Gasteiger partial charge >= 0.3 is 0 Å². The van der Waals surface area contributed by atoms with E-state index in [0.717, 1.165) is 17.1 Å². The molecular formula is C8H10N4OS. The highest BCUT2D eigenvalue weighted by Crippen LogP contribution is 2.13. The van der Waals surface area contributed by atoms with E-state index in [1.807, 2.05) is 9.78 Å². The van der Waals surface area contributed by atoms with Crippen molar-refractivity contribution in [3.63, 3.8) is 0 Å². The number of nitrogens with zero attached hydrogens (tertiary/aromatic N) is 3. The minimum absolute atomic E-state index is 0.000213. The predicted molar refractivity (Wildman–Crippen MR) is 53.3 cm³/mol. The van der Waals surface area contributed by atoms with E-state index in [-0.39, 0.29) is 5.91 Å². The van der Waals surface area contributed by atoms with Crippen molar-refractivity contribution < 1.29 is 4.79 Å². The lowest BCUT2D eigenvalue weighted by Crippen LogP contribution is -2.22. The zero-order valence-corrected chi connectivity index (χ0v) is 8.54. The average Bonchev–Trinajstić information content (AvgIpc) is 2.67. The van der Waals surface area contributed by atoms with Gasteiger partial charge in [0.25, 0.3) is 0 Å². The summed E-state index contributed by atoms with van der Waals surface area (Å²) in [6.45, 7) is 2.17. The fourth-order valence-corrected chi connectivity index (χ4v) is 2.07. The summed E-state index contributed by atoms with van der Waals surface area (Å²) in [4.78, 5) is 11.5. The molecule has 1 amide bonds. The number of hydrogen-bond acceptors (Lipinski definition) is 4. The molecule has 2 rings (SSSR count). The molecule has 2 aromatic heterocycles. The number of amides is 1. The van der Waals surface area contributed by atoms with Crippen molar-refractivity contribution in [3.8, 4) is 0 Å². The number of carbonyl (C=O) groups is 1. The molecule has 5 nitrogen and oxygen atoms in total. The molecule has 0 aliphatic heterocycles. The zero-order chi connectivity index (χ0) is 9.97. The molecule has 14 heavy (non-hydrogen) atoms. The molecule has 0 saturated heterocycles. The molecule has 0 fully saturated rings. The van der Waals surface area contributed by atoms with Gasteiger partial charge in [-0.15, -0.1) is 21.5 Å². The number of rotatable bonds is 3. The molecule has 0 saturated carbocycles. The minimum Gasteiger partial charge on any atom is -0.356 e. The van der Waals surface area contributed by atoms with Gasteiger partial charge in [0, 0.05) is 31.0 Å². The Morgan fingerprint density at radius 1 is 1.71 bits per heavy atom. The van der Waals surface area contributed by atoms with Crippen LogP contribution in [0.4, 0.5) is 0 Å². The minimum atomic E-state index is 0.000213. The van der Waals surface area contributed by atoms with Crippen molar-refractivity contribution in [3.05, 3.63) is 17.4 Å².